The van der Waals surface area contributed by atoms with Crippen molar-refractivity contribution in [3.05, 3.63) is 41.9 Å². The summed E-state index contributed by atoms with van der Waals surface area (Å²) in [6.07, 6.45) is 7.74. The van der Waals surface area contributed by atoms with Gasteiger partial charge in [0.2, 0.25) is 0 Å². The Labute approximate surface area is 116 Å². The van der Waals surface area contributed by atoms with Gasteiger partial charge in [-0.25, -0.2) is 9.97 Å². The van der Waals surface area contributed by atoms with Crippen LogP contribution in [0.3, 0.4) is 0 Å². The van der Waals surface area contributed by atoms with Crippen molar-refractivity contribution in [1.82, 2.24) is 35.2 Å². The number of aromatic nitrogens is 7. The molecule has 0 spiro atoms. The second-order valence-electron chi connectivity index (χ2n) is 4.66. The van der Waals surface area contributed by atoms with Crippen molar-refractivity contribution in [1.29, 1.82) is 0 Å². The van der Waals surface area contributed by atoms with Crippen molar-refractivity contribution in [2.24, 2.45) is 0 Å². The zero-order chi connectivity index (χ0) is 13.9. The third kappa shape index (κ3) is 2.42. The number of hydrogen-bond acceptors (Lipinski definition) is 5. The summed E-state index contributed by atoms with van der Waals surface area (Å²) in [4.78, 5) is 7.96. The SMILES string of the molecule is Cc1n[nH]c(C)c1CCn1cc(-c2cncnc2)nn1. The Morgan fingerprint density at radius 1 is 1.20 bits per heavy atom. The maximum atomic E-state index is 4.19. The Morgan fingerprint density at radius 3 is 2.70 bits per heavy atom. The predicted molar refractivity (Wildman–Crippen MR) is 72.8 cm³/mol. The molecule has 0 unspecified atom stereocenters. The van der Waals surface area contributed by atoms with Gasteiger partial charge in [-0.15, -0.1) is 5.10 Å². The monoisotopic (exact) mass is 269 g/mol. The summed E-state index contributed by atoms with van der Waals surface area (Å²) in [7, 11) is 0. The van der Waals surface area contributed by atoms with E-state index in [1.807, 2.05) is 24.7 Å². The van der Waals surface area contributed by atoms with Crippen LogP contribution in [0.1, 0.15) is 17.0 Å². The van der Waals surface area contributed by atoms with E-state index in [9.17, 15) is 0 Å². The van der Waals surface area contributed by atoms with Crippen LogP contribution in [0.15, 0.2) is 24.9 Å². The lowest BCUT2D eigenvalue weighted by atomic mass is 10.1. The third-order valence-electron chi connectivity index (χ3n) is 3.27. The van der Waals surface area contributed by atoms with Crippen molar-refractivity contribution >= 4 is 0 Å². The molecule has 0 aliphatic carbocycles. The Hall–Kier alpha value is -2.57. The standard InChI is InChI=1S/C13H15N7/c1-9-12(10(2)17-16-9)3-4-20-7-13(18-19-20)11-5-14-8-15-6-11/h5-8H,3-4H2,1-2H3,(H,16,17). The van der Waals surface area contributed by atoms with Gasteiger partial charge in [0.1, 0.15) is 12.0 Å². The molecule has 0 aliphatic rings. The first kappa shape index (κ1) is 12.5. The molecule has 102 valence electrons. The van der Waals surface area contributed by atoms with Crippen molar-refractivity contribution in [3.8, 4) is 11.3 Å². The summed E-state index contributed by atoms with van der Waals surface area (Å²) in [6.45, 7) is 4.80. The molecule has 0 radical (unpaired) electrons. The van der Waals surface area contributed by atoms with E-state index in [1.54, 1.807) is 12.4 Å². The van der Waals surface area contributed by atoms with Crippen LogP contribution < -0.4 is 0 Å². The molecule has 0 bridgehead atoms. The lowest BCUT2D eigenvalue weighted by molar-refractivity contribution is 0.587. The highest BCUT2D eigenvalue weighted by Gasteiger charge is 2.08. The molecule has 0 fully saturated rings. The summed E-state index contributed by atoms with van der Waals surface area (Å²) >= 11 is 0. The smallest absolute Gasteiger partial charge is 0.116 e. The topological polar surface area (TPSA) is 85.2 Å². The van der Waals surface area contributed by atoms with Crippen molar-refractivity contribution < 1.29 is 0 Å². The lowest BCUT2D eigenvalue weighted by Gasteiger charge is -2.01. The van der Waals surface area contributed by atoms with E-state index in [0.29, 0.717) is 0 Å². The predicted octanol–water partition coefficient (Wildman–Crippen LogP) is 1.32. The molecule has 3 heterocycles. The Kier molecular flexibility index (Phi) is 3.24. The van der Waals surface area contributed by atoms with E-state index in [-0.39, 0.29) is 0 Å². The molecule has 0 amide bonds. The molecular weight excluding hydrogens is 254 g/mol. The minimum Gasteiger partial charge on any atom is -0.282 e. The molecule has 3 aromatic rings. The molecule has 7 heteroatoms. The van der Waals surface area contributed by atoms with Crippen molar-refractivity contribution in [2.45, 2.75) is 26.8 Å². The molecule has 0 aliphatic heterocycles. The molecular formula is C13H15N7. The fourth-order valence-corrected chi connectivity index (χ4v) is 2.14. The number of nitrogens with zero attached hydrogens (tertiary/aromatic N) is 6. The number of aryl methyl sites for hydroxylation is 3. The van der Waals surface area contributed by atoms with Gasteiger partial charge >= 0.3 is 0 Å². The Morgan fingerprint density at radius 2 is 2.00 bits per heavy atom. The van der Waals surface area contributed by atoms with E-state index in [4.69, 9.17) is 0 Å². The van der Waals surface area contributed by atoms with E-state index < -0.39 is 0 Å². The largest absolute Gasteiger partial charge is 0.282 e. The lowest BCUT2D eigenvalue weighted by Crippen LogP contribution is -2.03. The number of nitrogens with one attached hydrogen (secondary N) is 1. The summed E-state index contributed by atoms with van der Waals surface area (Å²) in [5.41, 5.74) is 5.05. The first-order valence-corrected chi connectivity index (χ1v) is 6.40. The van der Waals surface area contributed by atoms with Gasteiger partial charge in [0, 0.05) is 30.2 Å². The van der Waals surface area contributed by atoms with Crippen LogP contribution in [0.25, 0.3) is 11.3 Å². The molecule has 3 rings (SSSR count). The van der Waals surface area contributed by atoms with Crippen LogP contribution in [-0.2, 0) is 13.0 Å². The normalized spacial score (nSPS) is 10.9. The van der Waals surface area contributed by atoms with Crippen LogP contribution in [-0.4, -0.2) is 35.2 Å². The summed E-state index contributed by atoms with van der Waals surface area (Å²) < 4.78 is 1.83. The summed E-state index contributed by atoms with van der Waals surface area (Å²) in [5, 5.41) is 15.5. The average Bonchev–Trinajstić information content (AvgIpc) is 3.06. The van der Waals surface area contributed by atoms with Gasteiger partial charge < -0.3 is 0 Å². The number of H-pyrrole nitrogens is 1. The van der Waals surface area contributed by atoms with Gasteiger partial charge in [0.15, 0.2) is 0 Å². The van der Waals surface area contributed by atoms with E-state index in [1.165, 1.54) is 11.9 Å². The zero-order valence-corrected chi connectivity index (χ0v) is 11.4. The Bertz CT molecular complexity index is 679. The molecule has 0 aromatic carbocycles. The Balaban J connectivity index is 1.72. The van der Waals surface area contributed by atoms with Crippen molar-refractivity contribution in [3.63, 3.8) is 0 Å². The second-order valence-corrected chi connectivity index (χ2v) is 4.66. The maximum absolute atomic E-state index is 4.19. The van der Waals surface area contributed by atoms with Crippen LogP contribution in [0.2, 0.25) is 0 Å². The molecule has 7 nitrogen and oxygen atoms in total. The maximum Gasteiger partial charge on any atom is 0.116 e. The fraction of sp³-hybridized carbons (Fsp3) is 0.308. The van der Waals surface area contributed by atoms with Gasteiger partial charge in [-0.1, -0.05) is 5.21 Å². The molecule has 0 saturated heterocycles. The average molecular weight is 269 g/mol. The number of hydrogen-bond donors (Lipinski definition) is 1. The van der Waals surface area contributed by atoms with Gasteiger partial charge in [-0.3, -0.25) is 9.78 Å². The van der Waals surface area contributed by atoms with Gasteiger partial charge in [-0.2, -0.15) is 5.10 Å². The second kappa shape index (κ2) is 5.20. The molecule has 1 N–H and O–H groups in total. The minimum atomic E-state index is 0.766. The third-order valence-corrected chi connectivity index (χ3v) is 3.27. The van der Waals surface area contributed by atoms with Crippen LogP contribution >= 0.6 is 0 Å². The quantitative estimate of drug-likeness (QED) is 0.772. The van der Waals surface area contributed by atoms with E-state index in [2.05, 4.69) is 30.5 Å². The first-order valence-electron chi connectivity index (χ1n) is 6.40. The molecule has 0 atom stereocenters. The van der Waals surface area contributed by atoms with Crippen LogP contribution in [0, 0.1) is 13.8 Å². The fourth-order valence-electron chi connectivity index (χ4n) is 2.14. The highest BCUT2D eigenvalue weighted by atomic mass is 15.4. The van der Waals surface area contributed by atoms with Crippen LogP contribution in [0.5, 0.6) is 0 Å². The zero-order valence-electron chi connectivity index (χ0n) is 11.4. The number of aromatic amines is 1. The molecule has 0 saturated carbocycles. The summed E-state index contributed by atoms with van der Waals surface area (Å²) in [5.74, 6) is 0. The van der Waals surface area contributed by atoms with E-state index >= 15 is 0 Å². The van der Waals surface area contributed by atoms with Crippen molar-refractivity contribution in [2.75, 3.05) is 0 Å². The highest BCUT2D eigenvalue weighted by molar-refractivity contribution is 5.54. The van der Waals surface area contributed by atoms with E-state index in [0.717, 1.165) is 35.6 Å². The molecule has 20 heavy (non-hydrogen) atoms. The van der Waals surface area contributed by atoms with Gasteiger partial charge in [0.25, 0.3) is 0 Å². The van der Waals surface area contributed by atoms with Crippen LogP contribution in [0.4, 0.5) is 0 Å². The van der Waals surface area contributed by atoms with Gasteiger partial charge in [-0.05, 0) is 25.8 Å². The first-order chi connectivity index (χ1) is 9.74. The minimum absolute atomic E-state index is 0.766. The molecule has 3 aromatic heterocycles. The summed E-state index contributed by atoms with van der Waals surface area (Å²) in [6, 6.07) is 0. The van der Waals surface area contributed by atoms with Gasteiger partial charge in [0.05, 0.1) is 11.9 Å². The number of rotatable bonds is 4. The highest BCUT2D eigenvalue weighted by Crippen LogP contribution is 2.14.